The first kappa shape index (κ1) is 11.9. The van der Waals surface area contributed by atoms with Crippen molar-refractivity contribution in [1.29, 1.82) is 0 Å². The Kier molecular flexibility index (Phi) is 3.98. The molecule has 0 fully saturated rings. The van der Waals surface area contributed by atoms with Gasteiger partial charge in [0.05, 0.1) is 24.0 Å². The molecule has 0 bridgehead atoms. The van der Waals surface area contributed by atoms with Gasteiger partial charge in [0, 0.05) is 17.8 Å². The van der Waals surface area contributed by atoms with Crippen LogP contribution in [0, 0.1) is 6.92 Å². The van der Waals surface area contributed by atoms with Crippen molar-refractivity contribution in [2.75, 3.05) is 19.0 Å². The number of thiazole rings is 1. The van der Waals surface area contributed by atoms with Gasteiger partial charge < -0.3 is 10.1 Å². The molecule has 1 aromatic carbocycles. The smallest absolute Gasteiger partial charge is 0.141 e. The Balaban J connectivity index is 1.92. The van der Waals surface area contributed by atoms with E-state index in [0.717, 1.165) is 30.1 Å². The maximum Gasteiger partial charge on any atom is 0.141 e. The Bertz CT molecular complexity index is 482. The van der Waals surface area contributed by atoms with E-state index in [9.17, 15) is 0 Å². The van der Waals surface area contributed by atoms with Crippen LogP contribution in [0.25, 0.3) is 0 Å². The number of rotatable bonds is 5. The van der Waals surface area contributed by atoms with Crippen LogP contribution in [0.5, 0.6) is 5.75 Å². The molecule has 0 saturated heterocycles. The number of methoxy groups -OCH3 is 1. The molecule has 17 heavy (non-hydrogen) atoms. The van der Waals surface area contributed by atoms with E-state index < -0.39 is 0 Å². The molecule has 3 nitrogen and oxygen atoms in total. The molecule has 4 heteroatoms. The van der Waals surface area contributed by atoms with Crippen molar-refractivity contribution in [2.24, 2.45) is 0 Å². The molecular weight excluding hydrogens is 232 g/mol. The Labute approximate surface area is 105 Å². The fourth-order valence-corrected chi connectivity index (χ4v) is 2.45. The molecule has 0 unspecified atom stereocenters. The number of anilines is 1. The van der Waals surface area contributed by atoms with E-state index >= 15 is 0 Å². The van der Waals surface area contributed by atoms with Crippen molar-refractivity contribution in [2.45, 2.75) is 13.3 Å². The first-order valence-electron chi connectivity index (χ1n) is 5.57. The number of aromatic nitrogens is 1. The normalized spacial score (nSPS) is 10.2. The van der Waals surface area contributed by atoms with Gasteiger partial charge in [-0.15, -0.1) is 11.3 Å². The SMILES string of the molecule is COc1ccccc1NCCc1scnc1C. The fraction of sp³-hybridized carbons (Fsp3) is 0.308. The van der Waals surface area contributed by atoms with Crippen LogP contribution in [0.2, 0.25) is 0 Å². The lowest BCUT2D eigenvalue weighted by Gasteiger charge is -2.10. The third-order valence-electron chi connectivity index (χ3n) is 2.62. The molecular formula is C13H16N2OS. The van der Waals surface area contributed by atoms with Crippen LogP contribution in [0.4, 0.5) is 5.69 Å². The van der Waals surface area contributed by atoms with Gasteiger partial charge in [0.15, 0.2) is 0 Å². The van der Waals surface area contributed by atoms with Crippen molar-refractivity contribution < 1.29 is 4.74 Å². The zero-order valence-electron chi connectivity index (χ0n) is 10.1. The standard InChI is InChI=1S/C13H16N2OS/c1-10-13(17-9-15-10)7-8-14-11-5-3-4-6-12(11)16-2/h3-6,9,14H,7-8H2,1-2H3. The molecule has 1 heterocycles. The number of benzene rings is 1. The van der Waals surface area contributed by atoms with Gasteiger partial charge >= 0.3 is 0 Å². The van der Waals surface area contributed by atoms with Crippen molar-refractivity contribution in [3.05, 3.63) is 40.3 Å². The van der Waals surface area contributed by atoms with Crippen molar-refractivity contribution >= 4 is 17.0 Å². The van der Waals surface area contributed by atoms with Gasteiger partial charge in [0.25, 0.3) is 0 Å². The highest BCUT2D eigenvalue weighted by molar-refractivity contribution is 7.09. The number of nitrogens with one attached hydrogen (secondary N) is 1. The molecule has 0 atom stereocenters. The molecule has 0 aliphatic carbocycles. The molecule has 0 radical (unpaired) electrons. The number of nitrogens with zero attached hydrogens (tertiary/aromatic N) is 1. The molecule has 2 aromatic rings. The Hall–Kier alpha value is -1.55. The third-order valence-corrected chi connectivity index (χ3v) is 3.61. The molecule has 0 aliphatic rings. The van der Waals surface area contributed by atoms with Crippen LogP contribution in [0.15, 0.2) is 29.8 Å². The number of hydrogen-bond donors (Lipinski definition) is 1. The molecule has 2 rings (SSSR count). The molecule has 1 N–H and O–H groups in total. The van der Waals surface area contributed by atoms with Gasteiger partial charge in [-0.25, -0.2) is 4.98 Å². The van der Waals surface area contributed by atoms with Gasteiger partial charge in [-0.2, -0.15) is 0 Å². The minimum atomic E-state index is 0.883. The summed E-state index contributed by atoms with van der Waals surface area (Å²) in [6.45, 7) is 2.94. The lowest BCUT2D eigenvalue weighted by molar-refractivity contribution is 0.416. The number of ether oxygens (including phenoxy) is 1. The van der Waals surface area contributed by atoms with Crippen molar-refractivity contribution in [3.63, 3.8) is 0 Å². The van der Waals surface area contributed by atoms with Gasteiger partial charge in [0.1, 0.15) is 5.75 Å². The van der Waals surface area contributed by atoms with E-state index in [4.69, 9.17) is 4.74 Å². The second-order valence-electron chi connectivity index (χ2n) is 3.74. The molecule has 0 amide bonds. The van der Waals surface area contributed by atoms with Gasteiger partial charge in [-0.05, 0) is 19.1 Å². The summed E-state index contributed by atoms with van der Waals surface area (Å²) >= 11 is 1.71. The number of aryl methyl sites for hydroxylation is 1. The minimum Gasteiger partial charge on any atom is -0.495 e. The second-order valence-corrected chi connectivity index (χ2v) is 4.68. The van der Waals surface area contributed by atoms with Crippen LogP contribution < -0.4 is 10.1 Å². The maximum atomic E-state index is 5.28. The number of para-hydroxylation sites is 2. The fourth-order valence-electron chi connectivity index (χ4n) is 1.67. The second kappa shape index (κ2) is 5.68. The topological polar surface area (TPSA) is 34.1 Å². The third kappa shape index (κ3) is 2.97. The van der Waals surface area contributed by atoms with E-state index in [1.54, 1.807) is 18.4 Å². The predicted molar refractivity (Wildman–Crippen MR) is 72.0 cm³/mol. The summed E-state index contributed by atoms with van der Waals surface area (Å²) in [5.74, 6) is 0.883. The maximum absolute atomic E-state index is 5.28. The lowest BCUT2D eigenvalue weighted by atomic mass is 10.2. The Morgan fingerprint density at radius 1 is 1.35 bits per heavy atom. The highest BCUT2D eigenvalue weighted by atomic mass is 32.1. The zero-order valence-corrected chi connectivity index (χ0v) is 10.9. The lowest BCUT2D eigenvalue weighted by Crippen LogP contribution is -2.05. The van der Waals surface area contributed by atoms with Gasteiger partial charge in [0.2, 0.25) is 0 Å². The summed E-state index contributed by atoms with van der Waals surface area (Å²) < 4.78 is 5.28. The summed E-state index contributed by atoms with van der Waals surface area (Å²) in [6.07, 6.45) is 0.995. The molecule has 0 spiro atoms. The van der Waals surface area contributed by atoms with E-state index in [0.29, 0.717) is 0 Å². The Morgan fingerprint density at radius 3 is 2.88 bits per heavy atom. The van der Waals surface area contributed by atoms with E-state index in [1.807, 2.05) is 29.8 Å². The summed E-state index contributed by atoms with van der Waals surface area (Å²) in [6, 6.07) is 7.96. The van der Waals surface area contributed by atoms with Crippen LogP contribution in [0.3, 0.4) is 0 Å². The van der Waals surface area contributed by atoms with Crippen molar-refractivity contribution in [3.8, 4) is 5.75 Å². The highest BCUT2D eigenvalue weighted by Gasteiger charge is 2.03. The highest BCUT2D eigenvalue weighted by Crippen LogP contribution is 2.23. The predicted octanol–water partition coefficient (Wildman–Crippen LogP) is 3.11. The summed E-state index contributed by atoms with van der Waals surface area (Å²) in [4.78, 5) is 5.58. The van der Waals surface area contributed by atoms with E-state index in [2.05, 4.69) is 17.2 Å². The van der Waals surface area contributed by atoms with Crippen LogP contribution in [0.1, 0.15) is 10.6 Å². The molecule has 0 saturated carbocycles. The summed E-state index contributed by atoms with van der Waals surface area (Å²) in [5.41, 5.74) is 4.07. The van der Waals surface area contributed by atoms with E-state index in [1.165, 1.54) is 4.88 Å². The first-order chi connectivity index (χ1) is 8.31. The molecule has 0 aliphatic heterocycles. The first-order valence-corrected chi connectivity index (χ1v) is 6.45. The zero-order chi connectivity index (χ0) is 12.1. The minimum absolute atomic E-state index is 0.883. The van der Waals surface area contributed by atoms with Gasteiger partial charge in [-0.1, -0.05) is 12.1 Å². The quantitative estimate of drug-likeness (QED) is 0.882. The van der Waals surface area contributed by atoms with Crippen LogP contribution in [-0.2, 0) is 6.42 Å². The van der Waals surface area contributed by atoms with Crippen LogP contribution in [-0.4, -0.2) is 18.6 Å². The molecule has 90 valence electrons. The number of hydrogen-bond acceptors (Lipinski definition) is 4. The Morgan fingerprint density at radius 2 is 2.18 bits per heavy atom. The molecule has 1 aromatic heterocycles. The van der Waals surface area contributed by atoms with Crippen LogP contribution >= 0.6 is 11.3 Å². The average molecular weight is 248 g/mol. The van der Waals surface area contributed by atoms with E-state index in [-0.39, 0.29) is 0 Å². The van der Waals surface area contributed by atoms with Gasteiger partial charge in [-0.3, -0.25) is 0 Å². The largest absolute Gasteiger partial charge is 0.495 e. The van der Waals surface area contributed by atoms with Crippen molar-refractivity contribution in [1.82, 2.24) is 4.98 Å². The average Bonchev–Trinajstić information content (AvgIpc) is 2.76. The summed E-state index contributed by atoms with van der Waals surface area (Å²) in [5, 5.41) is 3.38. The summed E-state index contributed by atoms with van der Waals surface area (Å²) in [7, 11) is 1.69. The monoisotopic (exact) mass is 248 g/mol.